The smallest absolute Gasteiger partial charge is 0.143 e. The highest BCUT2D eigenvalue weighted by Crippen LogP contribution is 2.52. The molecule has 4 heteroatoms. The monoisotopic (exact) mass is 603 g/mol. The average Bonchev–Trinajstić information content (AvgIpc) is 3.48. The Morgan fingerprint density at radius 2 is 1.19 bits per heavy atom. The zero-order valence-electron chi connectivity index (χ0n) is 25.6. The van der Waals surface area contributed by atoms with Gasteiger partial charge >= 0.3 is 0 Å². The number of hydrogen-bond donors (Lipinski definition) is 0. The van der Waals surface area contributed by atoms with Gasteiger partial charge in [0.2, 0.25) is 0 Å². The van der Waals surface area contributed by atoms with E-state index in [1.165, 1.54) is 44.1 Å². The fourth-order valence-electron chi connectivity index (χ4n) is 7.75. The predicted molar refractivity (Wildman–Crippen MR) is 193 cm³/mol. The van der Waals surface area contributed by atoms with Crippen molar-refractivity contribution < 1.29 is 4.74 Å². The zero-order valence-corrected chi connectivity index (χ0v) is 25.6. The maximum absolute atomic E-state index is 6.39. The van der Waals surface area contributed by atoms with Crippen LogP contribution in [0.1, 0.15) is 0 Å². The molecule has 222 valence electrons. The van der Waals surface area contributed by atoms with Gasteiger partial charge in [-0.25, -0.2) is 0 Å². The molecule has 0 radical (unpaired) electrons. The van der Waals surface area contributed by atoms with Gasteiger partial charge in [-0.1, -0.05) is 97.1 Å². The number of nitrogens with zero attached hydrogens (tertiary/aromatic N) is 3. The average molecular weight is 604 g/mol. The Morgan fingerprint density at radius 1 is 0.511 bits per heavy atom. The van der Waals surface area contributed by atoms with E-state index in [-0.39, 0.29) is 0 Å². The molecule has 0 N–H and O–H groups in total. The first-order valence-corrected chi connectivity index (χ1v) is 16.2. The number of pyridine rings is 1. The van der Waals surface area contributed by atoms with E-state index in [1.807, 2.05) is 12.3 Å². The Morgan fingerprint density at radius 3 is 2.00 bits per heavy atom. The van der Waals surface area contributed by atoms with Crippen molar-refractivity contribution in [3.8, 4) is 56.1 Å². The summed E-state index contributed by atoms with van der Waals surface area (Å²) in [6.45, 7) is 1.40. The second-order valence-electron chi connectivity index (χ2n) is 12.2. The Kier molecular flexibility index (Phi) is 5.67. The van der Waals surface area contributed by atoms with E-state index in [9.17, 15) is 0 Å². The van der Waals surface area contributed by atoms with Crippen molar-refractivity contribution in [1.29, 1.82) is 0 Å². The van der Waals surface area contributed by atoms with Crippen molar-refractivity contribution in [2.45, 2.75) is 0 Å². The lowest BCUT2D eigenvalue weighted by atomic mass is 9.81. The largest absolute Gasteiger partial charge is 0.490 e. The molecule has 6 aromatic carbocycles. The minimum Gasteiger partial charge on any atom is -0.490 e. The Balaban J connectivity index is 1.35. The van der Waals surface area contributed by atoms with Gasteiger partial charge in [-0.05, 0) is 70.8 Å². The van der Waals surface area contributed by atoms with Crippen LogP contribution in [0.3, 0.4) is 0 Å². The van der Waals surface area contributed by atoms with Crippen LogP contribution in [0, 0.1) is 0 Å². The van der Waals surface area contributed by atoms with Crippen molar-refractivity contribution >= 4 is 33.2 Å². The van der Waals surface area contributed by atoms with Crippen LogP contribution in [0.15, 0.2) is 152 Å². The maximum atomic E-state index is 6.39. The molecule has 47 heavy (non-hydrogen) atoms. The summed E-state index contributed by atoms with van der Waals surface area (Å²) in [6.07, 6.45) is 1.90. The van der Waals surface area contributed by atoms with Crippen LogP contribution in [0.5, 0.6) is 5.75 Å². The summed E-state index contributed by atoms with van der Waals surface area (Å²) in [6, 6.07) is 52.4. The highest BCUT2D eigenvalue weighted by atomic mass is 16.5. The molecule has 0 saturated carbocycles. The van der Waals surface area contributed by atoms with Crippen LogP contribution in [0.25, 0.3) is 72.1 Å². The molecule has 0 fully saturated rings. The van der Waals surface area contributed by atoms with E-state index < -0.39 is 0 Å². The molecule has 8 aromatic rings. The molecule has 1 aliphatic carbocycles. The number of ether oxygens (including phenoxy) is 1. The van der Waals surface area contributed by atoms with Crippen LogP contribution < -0.4 is 9.64 Å². The third-order valence-electron chi connectivity index (χ3n) is 9.73. The van der Waals surface area contributed by atoms with Crippen LogP contribution in [0.2, 0.25) is 0 Å². The fraction of sp³-hybridized carbons (Fsp3) is 0.0465. The number of para-hydroxylation sites is 3. The van der Waals surface area contributed by atoms with Crippen molar-refractivity contribution in [2.24, 2.45) is 0 Å². The molecule has 3 heterocycles. The lowest BCUT2D eigenvalue weighted by Gasteiger charge is -2.33. The molecule has 0 spiro atoms. The lowest BCUT2D eigenvalue weighted by Crippen LogP contribution is -2.28. The van der Waals surface area contributed by atoms with Gasteiger partial charge in [-0.2, -0.15) is 0 Å². The number of aromatic nitrogens is 2. The maximum Gasteiger partial charge on any atom is 0.143 e. The predicted octanol–water partition coefficient (Wildman–Crippen LogP) is 10.7. The molecule has 0 saturated heterocycles. The van der Waals surface area contributed by atoms with E-state index in [1.54, 1.807) is 0 Å². The van der Waals surface area contributed by atoms with E-state index >= 15 is 0 Å². The molecule has 0 unspecified atom stereocenters. The van der Waals surface area contributed by atoms with Gasteiger partial charge < -0.3 is 14.2 Å². The normalized spacial score (nSPS) is 13.1. The fourth-order valence-corrected chi connectivity index (χ4v) is 7.75. The van der Waals surface area contributed by atoms with Crippen molar-refractivity contribution in [3.63, 3.8) is 0 Å². The van der Waals surface area contributed by atoms with Gasteiger partial charge in [-0.3, -0.25) is 4.98 Å². The number of hydrogen-bond acceptors (Lipinski definition) is 3. The number of anilines is 2. The van der Waals surface area contributed by atoms with Crippen molar-refractivity contribution in [3.05, 3.63) is 152 Å². The van der Waals surface area contributed by atoms with Gasteiger partial charge in [0.05, 0.1) is 34.6 Å². The first-order chi connectivity index (χ1) is 23.3. The highest BCUT2D eigenvalue weighted by Gasteiger charge is 2.29. The molecule has 0 amide bonds. The summed E-state index contributed by atoms with van der Waals surface area (Å²) in [7, 11) is 0. The van der Waals surface area contributed by atoms with E-state index in [0.717, 1.165) is 51.7 Å². The minimum atomic E-state index is 0.618. The Labute approximate surface area is 272 Å². The SMILES string of the molecule is c1ccc(N2CCOc3cc4c(cc32)-c2cccc(-n3c5ccccc5c5ccccc53)c2-c2ccccc2-c2cccnc2-4)cc1. The standard InChI is InChI=1S/C43H29N3O/c1-2-12-28(13-3-1)45-24-25-47-41-27-36-35(26-40(41)45)33-18-10-22-39(46-37-20-8-6-15-30(37)31-16-7-9-21-38(31)46)42(33)32-17-5-4-14-29(32)34-19-11-23-44-43(34)36/h1-23,26-27H,24-25H2. The van der Waals surface area contributed by atoms with Crippen LogP contribution in [0.4, 0.5) is 11.4 Å². The number of benzene rings is 6. The molecular formula is C43H29N3O. The lowest BCUT2D eigenvalue weighted by molar-refractivity contribution is 0.314. The summed E-state index contributed by atoms with van der Waals surface area (Å²) in [5.41, 5.74) is 14.8. The summed E-state index contributed by atoms with van der Waals surface area (Å²) in [5.74, 6) is 0.879. The van der Waals surface area contributed by atoms with Gasteiger partial charge in [0, 0.05) is 39.3 Å². The Hall–Kier alpha value is -6.13. The van der Waals surface area contributed by atoms with Gasteiger partial charge in [0.15, 0.2) is 0 Å². The topological polar surface area (TPSA) is 30.3 Å². The Bertz CT molecular complexity index is 2460. The van der Waals surface area contributed by atoms with E-state index in [2.05, 4.69) is 149 Å². The van der Waals surface area contributed by atoms with Gasteiger partial charge in [0.25, 0.3) is 0 Å². The second kappa shape index (κ2) is 10.2. The molecule has 0 bridgehead atoms. The molecular weight excluding hydrogens is 574 g/mol. The summed E-state index contributed by atoms with van der Waals surface area (Å²) >= 11 is 0. The van der Waals surface area contributed by atoms with E-state index in [0.29, 0.717) is 6.61 Å². The first kappa shape index (κ1) is 26.1. The molecule has 0 atom stereocenters. The van der Waals surface area contributed by atoms with Crippen LogP contribution >= 0.6 is 0 Å². The zero-order chi connectivity index (χ0) is 30.9. The quantitative estimate of drug-likeness (QED) is 0.197. The minimum absolute atomic E-state index is 0.618. The molecule has 10 rings (SSSR count). The summed E-state index contributed by atoms with van der Waals surface area (Å²) in [5, 5.41) is 2.50. The first-order valence-electron chi connectivity index (χ1n) is 16.2. The van der Waals surface area contributed by atoms with Gasteiger partial charge in [0.1, 0.15) is 12.4 Å². The molecule has 2 aromatic heterocycles. The van der Waals surface area contributed by atoms with Crippen molar-refractivity contribution in [2.75, 3.05) is 18.1 Å². The van der Waals surface area contributed by atoms with Crippen LogP contribution in [-0.4, -0.2) is 22.7 Å². The summed E-state index contributed by atoms with van der Waals surface area (Å²) in [4.78, 5) is 7.42. The molecule has 2 aliphatic rings. The third kappa shape index (κ3) is 3.85. The number of rotatable bonds is 2. The highest BCUT2D eigenvalue weighted by molar-refractivity contribution is 6.11. The molecule has 4 nitrogen and oxygen atoms in total. The van der Waals surface area contributed by atoms with Crippen LogP contribution in [-0.2, 0) is 0 Å². The third-order valence-corrected chi connectivity index (χ3v) is 9.73. The summed E-state index contributed by atoms with van der Waals surface area (Å²) < 4.78 is 8.84. The van der Waals surface area contributed by atoms with Crippen molar-refractivity contribution in [1.82, 2.24) is 9.55 Å². The molecule has 1 aliphatic heterocycles. The van der Waals surface area contributed by atoms with Gasteiger partial charge in [-0.15, -0.1) is 0 Å². The van der Waals surface area contributed by atoms with E-state index in [4.69, 9.17) is 9.72 Å². The number of fused-ring (bicyclic) bond motifs is 12. The second-order valence-corrected chi connectivity index (χ2v) is 12.2.